The summed E-state index contributed by atoms with van der Waals surface area (Å²) in [6, 6.07) is 91.5. The molecule has 0 saturated carbocycles. The van der Waals surface area contributed by atoms with Crippen molar-refractivity contribution < 1.29 is 4.42 Å². The zero-order valence-electron chi connectivity index (χ0n) is 36.6. The molecule has 0 aliphatic heterocycles. The monoisotopic (exact) mass is 854 g/mol. The first-order valence-electron chi connectivity index (χ1n) is 22.9. The van der Waals surface area contributed by atoms with Gasteiger partial charge in [0.2, 0.25) is 0 Å². The minimum absolute atomic E-state index is 0.847. The van der Waals surface area contributed by atoms with Crippen LogP contribution >= 0.6 is 0 Å². The maximum Gasteiger partial charge on any atom is 0.159 e. The Morgan fingerprint density at radius 3 is 1.49 bits per heavy atom. The van der Waals surface area contributed by atoms with E-state index in [-0.39, 0.29) is 0 Å². The van der Waals surface area contributed by atoms with Crippen LogP contribution in [0.5, 0.6) is 0 Å². The summed E-state index contributed by atoms with van der Waals surface area (Å²) in [6.07, 6.45) is 0. The Hall–Kier alpha value is -8.92. The third-order valence-corrected chi connectivity index (χ3v) is 13.4. The van der Waals surface area contributed by atoms with Gasteiger partial charge in [0.1, 0.15) is 5.58 Å². The summed E-state index contributed by atoms with van der Waals surface area (Å²) in [7, 11) is 0. The van der Waals surface area contributed by atoms with Gasteiger partial charge in [-0.2, -0.15) is 0 Å². The summed E-state index contributed by atoms with van der Waals surface area (Å²) in [6.45, 7) is 0. The number of aromatic nitrogens is 1. The molecule has 67 heavy (non-hydrogen) atoms. The van der Waals surface area contributed by atoms with Crippen molar-refractivity contribution in [2.45, 2.75) is 0 Å². The van der Waals surface area contributed by atoms with E-state index in [0.717, 1.165) is 66.9 Å². The van der Waals surface area contributed by atoms with Crippen molar-refractivity contribution >= 4 is 71.6 Å². The molecule has 0 amide bonds. The molecule has 0 unspecified atom stereocenters. The van der Waals surface area contributed by atoms with Gasteiger partial charge in [0.25, 0.3) is 0 Å². The van der Waals surface area contributed by atoms with Gasteiger partial charge in [-0.05, 0) is 110 Å². The zero-order chi connectivity index (χ0) is 44.3. The summed E-state index contributed by atoms with van der Waals surface area (Å²) < 4.78 is 9.54. The summed E-state index contributed by atoms with van der Waals surface area (Å²) >= 11 is 0. The Balaban J connectivity index is 0.920. The van der Waals surface area contributed by atoms with Crippen LogP contribution in [0.25, 0.3) is 105 Å². The average Bonchev–Trinajstić information content (AvgIpc) is 3.97. The van der Waals surface area contributed by atoms with E-state index >= 15 is 0 Å². The Kier molecular flexibility index (Phi) is 9.17. The standard InChI is InChI=1S/C64H42N2O/c1-4-16-43(17-5-1)45-34-38-51(39-35-45)65(60-29-15-26-56-62-54-23-11-10-20-49(54)42-57(64(62)67-63(56)60)47-18-6-2-7-19-47)52-40-36-46(37-41-52)44-30-32-48(33-31-44)53-25-14-28-59-61(53)55-24-12-13-27-58(55)66(59)50-21-8-3-9-22-50/h1-42H. The van der Waals surface area contributed by atoms with Crippen molar-refractivity contribution in [3.05, 3.63) is 255 Å². The smallest absolute Gasteiger partial charge is 0.159 e. The molecular formula is C64H42N2O. The number of fused-ring (bicyclic) bond motifs is 8. The van der Waals surface area contributed by atoms with Crippen molar-refractivity contribution in [3.63, 3.8) is 0 Å². The fourth-order valence-electron chi connectivity index (χ4n) is 10.3. The predicted octanol–water partition coefficient (Wildman–Crippen LogP) is 18.0. The van der Waals surface area contributed by atoms with Gasteiger partial charge in [0.15, 0.2) is 5.58 Å². The summed E-state index contributed by atoms with van der Waals surface area (Å²) in [4.78, 5) is 2.34. The quantitative estimate of drug-likeness (QED) is 0.152. The third kappa shape index (κ3) is 6.51. The lowest BCUT2D eigenvalue weighted by molar-refractivity contribution is 0.670. The van der Waals surface area contributed by atoms with Crippen LogP contribution in [0.15, 0.2) is 259 Å². The molecule has 0 radical (unpaired) electrons. The summed E-state index contributed by atoms with van der Waals surface area (Å²) in [5.41, 5.74) is 17.6. The predicted molar refractivity (Wildman–Crippen MR) is 282 cm³/mol. The molecule has 2 aromatic heterocycles. The number of nitrogens with zero attached hydrogens (tertiary/aromatic N) is 2. The Bertz CT molecular complexity index is 3930. The molecule has 0 aliphatic carbocycles. The van der Waals surface area contributed by atoms with Crippen molar-refractivity contribution in [2.24, 2.45) is 0 Å². The van der Waals surface area contributed by atoms with Crippen LogP contribution in [0, 0.1) is 0 Å². The maximum absolute atomic E-state index is 7.17. The molecule has 2 heterocycles. The second-order valence-corrected chi connectivity index (χ2v) is 17.2. The van der Waals surface area contributed by atoms with Crippen molar-refractivity contribution in [2.75, 3.05) is 4.90 Å². The van der Waals surface area contributed by atoms with Crippen molar-refractivity contribution in [1.82, 2.24) is 4.57 Å². The Labute approximate surface area is 388 Å². The molecule has 11 aromatic carbocycles. The van der Waals surface area contributed by atoms with E-state index in [1.54, 1.807) is 0 Å². The average molecular weight is 855 g/mol. The molecule has 0 bridgehead atoms. The number of hydrogen-bond donors (Lipinski definition) is 0. The van der Waals surface area contributed by atoms with Crippen LogP contribution in [-0.2, 0) is 0 Å². The Morgan fingerprint density at radius 2 is 0.806 bits per heavy atom. The van der Waals surface area contributed by atoms with E-state index in [9.17, 15) is 0 Å². The van der Waals surface area contributed by atoms with E-state index in [0.29, 0.717) is 0 Å². The normalized spacial score (nSPS) is 11.6. The van der Waals surface area contributed by atoms with E-state index in [4.69, 9.17) is 4.42 Å². The molecule has 3 nitrogen and oxygen atoms in total. The molecule has 3 heteroatoms. The topological polar surface area (TPSA) is 21.3 Å². The second-order valence-electron chi connectivity index (χ2n) is 17.2. The summed E-state index contributed by atoms with van der Waals surface area (Å²) in [5, 5.41) is 7.10. The second kappa shape index (κ2) is 16.0. The molecule has 0 fully saturated rings. The zero-order valence-corrected chi connectivity index (χ0v) is 36.6. The van der Waals surface area contributed by atoms with Crippen LogP contribution in [-0.4, -0.2) is 4.57 Å². The highest BCUT2D eigenvalue weighted by atomic mass is 16.3. The molecule has 13 aromatic rings. The first-order valence-corrected chi connectivity index (χ1v) is 22.9. The molecule has 13 rings (SSSR count). The highest BCUT2D eigenvalue weighted by Crippen LogP contribution is 2.47. The molecule has 0 aliphatic rings. The van der Waals surface area contributed by atoms with Gasteiger partial charge in [0, 0.05) is 44.2 Å². The lowest BCUT2D eigenvalue weighted by Crippen LogP contribution is -2.10. The Morgan fingerprint density at radius 1 is 0.313 bits per heavy atom. The van der Waals surface area contributed by atoms with E-state index < -0.39 is 0 Å². The lowest BCUT2D eigenvalue weighted by atomic mass is 9.96. The van der Waals surface area contributed by atoms with Gasteiger partial charge in [-0.1, -0.05) is 194 Å². The molecule has 0 spiro atoms. The van der Waals surface area contributed by atoms with Gasteiger partial charge in [0.05, 0.1) is 16.7 Å². The van der Waals surface area contributed by atoms with E-state index in [1.165, 1.54) is 54.8 Å². The maximum atomic E-state index is 7.17. The molecule has 0 atom stereocenters. The van der Waals surface area contributed by atoms with E-state index in [1.807, 2.05) is 0 Å². The number of para-hydroxylation sites is 3. The fraction of sp³-hybridized carbons (Fsp3) is 0. The van der Waals surface area contributed by atoms with Gasteiger partial charge in [-0.15, -0.1) is 0 Å². The van der Waals surface area contributed by atoms with Crippen molar-refractivity contribution in [3.8, 4) is 50.2 Å². The van der Waals surface area contributed by atoms with Crippen LogP contribution < -0.4 is 4.90 Å². The highest BCUT2D eigenvalue weighted by molar-refractivity contribution is 6.24. The number of benzene rings is 11. The first kappa shape index (κ1) is 38.5. The van der Waals surface area contributed by atoms with Crippen molar-refractivity contribution in [1.29, 1.82) is 0 Å². The fourth-order valence-corrected chi connectivity index (χ4v) is 10.3. The molecule has 314 valence electrons. The van der Waals surface area contributed by atoms with Crippen LogP contribution in [0.1, 0.15) is 0 Å². The van der Waals surface area contributed by atoms with E-state index in [2.05, 4.69) is 264 Å². The molecule has 0 N–H and O–H groups in total. The van der Waals surface area contributed by atoms with Gasteiger partial charge >= 0.3 is 0 Å². The van der Waals surface area contributed by atoms with Gasteiger partial charge < -0.3 is 13.9 Å². The van der Waals surface area contributed by atoms with Crippen LogP contribution in [0.3, 0.4) is 0 Å². The van der Waals surface area contributed by atoms with Gasteiger partial charge in [-0.3, -0.25) is 0 Å². The SMILES string of the molecule is c1ccc(-c2ccc(N(c3ccc(-c4ccc(-c5cccc6c5c5ccccc5n6-c5ccccc5)cc4)cc3)c3cccc4c3oc3c(-c5ccccc5)cc5ccccc5c34)cc2)cc1. The number of anilines is 3. The highest BCUT2D eigenvalue weighted by Gasteiger charge is 2.23. The number of hydrogen-bond acceptors (Lipinski definition) is 2. The van der Waals surface area contributed by atoms with Crippen LogP contribution in [0.2, 0.25) is 0 Å². The van der Waals surface area contributed by atoms with Crippen LogP contribution in [0.4, 0.5) is 17.1 Å². The third-order valence-electron chi connectivity index (χ3n) is 13.4. The first-order chi connectivity index (χ1) is 33.2. The molecule has 0 saturated heterocycles. The largest absolute Gasteiger partial charge is 0.453 e. The minimum Gasteiger partial charge on any atom is -0.453 e. The molecular weight excluding hydrogens is 813 g/mol. The summed E-state index contributed by atoms with van der Waals surface area (Å²) in [5.74, 6) is 0. The number of rotatable bonds is 8. The number of furan rings is 1. The van der Waals surface area contributed by atoms with Gasteiger partial charge in [-0.25, -0.2) is 0 Å². The lowest BCUT2D eigenvalue weighted by Gasteiger charge is -2.26. The minimum atomic E-state index is 0.847.